The van der Waals surface area contributed by atoms with Crippen LogP contribution in [0.3, 0.4) is 0 Å². The minimum atomic E-state index is -0.188. The number of fused-ring (bicyclic) bond motifs is 1. The van der Waals surface area contributed by atoms with E-state index in [2.05, 4.69) is 30.2 Å². The molecule has 0 spiro atoms. The molecule has 1 fully saturated rings. The molecule has 28 heavy (non-hydrogen) atoms. The third-order valence-corrected chi connectivity index (χ3v) is 5.37. The van der Waals surface area contributed by atoms with Gasteiger partial charge in [0.2, 0.25) is 5.91 Å². The number of aryl methyl sites for hydroxylation is 2. The molecule has 8 heteroatoms. The predicted octanol–water partition coefficient (Wildman–Crippen LogP) is 1.82. The molecule has 0 saturated carbocycles. The summed E-state index contributed by atoms with van der Waals surface area (Å²) in [6.07, 6.45) is 3.40. The summed E-state index contributed by atoms with van der Waals surface area (Å²) in [6, 6.07) is 7.69. The monoisotopic (exact) mass is 379 g/mol. The number of aromatic nitrogens is 4. The van der Waals surface area contributed by atoms with Crippen molar-refractivity contribution in [3.05, 3.63) is 42.4 Å². The van der Waals surface area contributed by atoms with Crippen molar-refractivity contribution < 1.29 is 4.79 Å². The van der Waals surface area contributed by atoms with Crippen LogP contribution < -0.4 is 10.2 Å². The van der Waals surface area contributed by atoms with Crippen LogP contribution in [-0.4, -0.2) is 62.8 Å². The van der Waals surface area contributed by atoms with E-state index >= 15 is 0 Å². The molecule has 1 N–H and O–H groups in total. The standard InChI is InChI=1S/C20H25N7O/c1-14-4-6-16(7-5-14)24-20(28)15(2)26-8-10-27(11-9-26)19-17-12-23-25(3)18(17)21-13-22-19/h4-7,12-13,15H,8-11H2,1-3H3,(H,24,28). The van der Waals surface area contributed by atoms with E-state index in [4.69, 9.17) is 0 Å². The lowest BCUT2D eigenvalue weighted by molar-refractivity contribution is -0.120. The summed E-state index contributed by atoms with van der Waals surface area (Å²) in [6.45, 7) is 7.21. The molecule has 3 heterocycles. The summed E-state index contributed by atoms with van der Waals surface area (Å²) in [4.78, 5) is 25.9. The molecule has 0 aliphatic carbocycles. The van der Waals surface area contributed by atoms with Crippen molar-refractivity contribution in [2.45, 2.75) is 19.9 Å². The topological polar surface area (TPSA) is 79.2 Å². The number of rotatable bonds is 4. The molecular weight excluding hydrogens is 354 g/mol. The van der Waals surface area contributed by atoms with E-state index in [0.29, 0.717) is 0 Å². The third-order valence-electron chi connectivity index (χ3n) is 5.37. The second kappa shape index (κ2) is 7.55. The Morgan fingerprint density at radius 1 is 1.11 bits per heavy atom. The number of hydrogen-bond donors (Lipinski definition) is 1. The lowest BCUT2D eigenvalue weighted by Crippen LogP contribution is -2.53. The highest BCUT2D eigenvalue weighted by atomic mass is 16.2. The Balaban J connectivity index is 1.39. The summed E-state index contributed by atoms with van der Waals surface area (Å²) < 4.78 is 1.76. The molecule has 2 aromatic heterocycles. The van der Waals surface area contributed by atoms with Gasteiger partial charge >= 0.3 is 0 Å². The van der Waals surface area contributed by atoms with Crippen molar-refractivity contribution in [3.63, 3.8) is 0 Å². The molecule has 8 nitrogen and oxygen atoms in total. The summed E-state index contributed by atoms with van der Waals surface area (Å²) >= 11 is 0. The minimum absolute atomic E-state index is 0.0222. The van der Waals surface area contributed by atoms with E-state index in [-0.39, 0.29) is 11.9 Å². The normalized spacial score (nSPS) is 16.3. The maximum atomic E-state index is 12.6. The molecule has 1 saturated heterocycles. The number of carbonyl (C=O) groups is 1. The highest BCUT2D eigenvalue weighted by Gasteiger charge is 2.27. The fourth-order valence-corrected chi connectivity index (χ4v) is 3.57. The van der Waals surface area contributed by atoms with Gasteiger partial charge in [-0.15, -0.1) is 0 Å². The van der Waals surface area contributed by atoms with Gasteiger partial charge in [0.15, 0.2) is 5.65 Å². The van der Waals surface area contributed by atoms with Crippen molar-refractivity contribution in [1.82, 2.24) is 24.6 Å². The Bertz CT molecular complexity index is 974. The fourth-order valence-electron chi connectivity index (χ4n) is 3.57. The first kappa shape index (κ1) is 18.4. The van der Waals surface area contributed by atoms with Gasteiger partial charge in [0.25, 0.3) is 0 Å². The molecule has 4 rings (SSSR count). The quantitative estimate of drug-likeness (QED) is 0.745. The van der Waals surface area contributed by atoms with E-state index in [0.717, 1.165) is 48.7 Å². The molecule has 1 aliphatic rings. The fraction of sp³-hybridized carbons (Fsp3) is 0.400. The molecule has 1 atom stereocenters. The summed E-state index contributed by atoms with van der Waals surface area (Å²) in [5.41, 5.74) is 2.84. The van der Waals surface area contributed by atoms with Gasteiger partial charge in [-0.2, -0.15) is 5.10 Å². The second-order valence-corrected chi connectivity index (χ2v) is 7.26. The number of nitrogens with one attached hydrogen (secondary N) is 1. The van der Waals surface area contributed by atoms with Crippen molar-refractivity contribution in [2.24, 2.45) is 7.05 Å². The molecule has 146 valence electrons. The molecule has 1 aliphatic heterocycles. The zero-order valence-electron chi connectivity index (χ0n) is 16.5. The molecule has 0 radical (unpaired) electrons. The Morgan fingerprint density at radius 2 is 1.82 bits per heavy atom. The van der Waals surface area contributed by atoms with Gasteiger partial charge < -0.3 is 10.2 Å². The van der Waals surface area contributed by atoms with Gasteiger partial charge in [-0.05, 0) is 26.0 Å². The largest absolute Gasteiger partial charge is 0.353 e. The van der Waals surface area contributed by atoms with Crippen molar-refractivity contribution in [1.29, 1.82) is 0 Å². The van der Waals surface area contributed by atoms with E-state index in [1.54, 1.807) is 11.0 Å². The summed E-state index contributed by atoms with van der Waals surface area (Å²) in [5, 5.41) is 8.26. The average molecular weight is 379 g/mol. The molecule has 0 bridgehead atoms. The zero-order chi connectivity index (χ0) is 19.7. The lowest BCUT2D eigenvalue weighted by Gasteiger charge is -2.38. The van der Waals surface area contributed by atoms with Crippen LogP contribution in [-0.2, 0) is 11.8 Å². The highest BCUT2D eigenvalue weighted by molar-refractivity contribution is 5.94. The van der Waals surface area contributed by atoms with Crippen LogP contribution in [0.5, 0.6) is 0 Å². The van der Waals surface area contributed by atoms with E-state index in [1.165, 1.54) is 5.56 Å². The number of anilines is 2. The van der Waals surface area contributed by atoms with E-state index in [1.807, 2.05) is 51.4 Å². The predicted molar refractivity (Wildman–Crippen MR) is 109 cm³/mol. The van der Waals surface area contributed by atoms with Crippen LogP contribution >= 0.6 is 0 Å². The van der Waals surface area contributed by atoms with E-state index in [9.17, 15) is 4.79 Å². The van der Waals surface area contributed by atoms with Gasteiger partial charge in [-0.25, -0.2) is 9.97 Å². The Hall–Kier alpha value is -3.00. The molecule has 3 aromatic rings. The van der Waals surface area contributed by atoms with Crippen LogP contribution in [0.1, 0.15) is 12.5 Å². The van der Waals surface area contributed by atoms with Crippen LogP contribution in [0, 0.1) is 6.92 Å². The van der Waals surface area contributed by atoms with Gasteiger partial charge in [0, 0.05) is 38.9 Å². The zero-order valence-corrected chi connectivity index (χ0v) is 16.5. The number of hydrogen-bond acceptors (Lipinski definition) is 6. The number of benzene rings is 1. The molecule has 1 aromatic carbocycles. The second-order valence-electron chi connectivity index (χ2n) is 7.26. The Kier molecular flexibility index (Phi) is 4.95. The number of amides is 1. The molecule has 1 amide bonds. The van der Waals surface area contributed by atoms with Crippen molar-refractivity contribution in [3.8, 4) is 0 Å². The summed E-state index contributed by atoms with van der Waals surface area (Å²) in [5.74, 6) is 0.934. The van der Waals surface area contributed by atoms with Gasteiger partial charge in [-0.3, -0.25) is 14.4 Å². The van der Waals surface area contributed by atoms with Gasteiger partial charge in [0.1, 0.15) is 12.1 Å². The Morgan fingerprint density at radius 3 is 2.54 bits per heavy atom. The van der Waals surface area contributed by atoms with Crippen molar-refractivity contribution in [2.75, 3.05) is 36.4 Å². The van der Waals surface area contributed by atoms with Gasteiger partial charge in [-0.1, -0.05) is 17.7 Å². The van der Waals surface area contributed by atoms with Crippen LogP contribution in [0.15, 0.2) is 36.8 Å². The van der Waals surface area contributed by atoms with E-state index < -0.39 is 0 Å². The molecule has 1 unspecified atom stereocenters. The van der Waals surface area contributed by atoms with Crippen LogP contribution in [0.4, 0.5) is 11.5 Å². The average Bonchev–Trinajstić information content (AvgIpc) is 3.10. The molecular formula is C20H25N7O. The van der Waals surface area contributed by atoms with Crippen LogP contribution in [0.2, 0.25) is 0 Å². The Labute approximate surface area is 164 Å². The third kappa shape index (κ3) is 3.55. The number of carbonyl (C=O) groups excluding carboxylic acids is 1. The maximum Gasteiger partial charge on any atom is 0.241 e. The van der Waals surface area contributed by atoms with Gasteiger partial charge in [0.05, 0.1) is 17.6 Å². The first-order valence-electron chi connectivity index (χ1n) is 9.52. The SMILES string of the molecule is Cc1ccc(NC(=O)C(C)N2CCN(c3ncnc4c3cnn4C)CC2)cc1. The maximum absolute atomic E-state index is 12.6. The summed E-state index contributed by atoms with van der Waals surface area (Å²) in [7, 11) is 1.88. The number of nitrogens with zero attached hydrogens (tertiary/aromatic N) is 6. The van der Waals surface area contributed by atoms with Crippen LogP contribution in [0.25, 0.3) is 11.0 Å². The first-order valence-corrected chi connectivity index (χ1v) is 9.52. The highest BCUT2D eigenvalue weighted by Crippen LogP contribution is 2.23. The smallest absolute Gasteiger partial charge is 0.241 e. The first-order chi connectivity index (χ1) is 13.5. The van der Waals surface area contributed by atoms with Crippen molar-refractivity contribution >= 4 is 28.4 Å². The number of piperazine rings is 1. The lowest BCUT2D eigenvalue weighted by atomic mass is 10.2. The minimum Gasteiger partial charge on any atom is -0.353 e.